The van der Waals surface area contributed by atoms with Crippen LogP contribution in [0.2, 0.25) is 5.02 Å². The highest BCUT2D eigenvalue weighted by Gasteiger charge is 2.44. The maximum atomic E-state index is 13.0. The molecule has 4 heteroatoms. The first kappa shape index (κ1) is 15.0. The van der Waals surface area contributed by atoms with Gasteiger partial charge in [-0.2, -0.15) is 0 Å². The maximum absolute atomic E-state index is 13.0. The summed E-state index contributed by atoms with van der Waals surface area (Å²) in [7, 11) is 0. The quantitative estimate of drug-likeness (QED) is 0.891. The molecule has 1 saturated carbocycles. The highest BCUT2D eigenvalue weighted by atomic mass is 35.5. The summed E-state index contributed by atoms with van der Waals surface area (Å²) in [4.78, 5) is 12.1. The van der Waals surface area contributed by atoms with Crippen LogP contribution in [0, 0.1) is 5.82 Å². The Kier molecular flexibility index (Phi) is 4.16. The molecule has 0 heterocycles. The van der Waals surface area contributed by atoms with Crippen LogP contribution in [0.15, 0.2) is 48.5 Å². The van der Waals surface area contributed by atoms with Crippen molar-refractivity contribution in [2.24, 2.45) is 0 Å². The first-order valence-electron chi connectivity index (χ1n) is 7.35. The maximum Gasteiger partial charge on any atom is 0.224 e. The van der Waals surface area contributed by atoms with Crippen LogP contribution in [0.1, 0.15) is 24.0 Å². The molecule has 3 rings (SSSR count). The summed E-state index contributed by atoms with van der Waals surface area (Å²) in [5, 5.41) is 3.66. The molecule has 1 aliphatic carbocycles. The predicted molar refractivity (Wildman–Crippen MR) is 85.5 cm³/mol. The van der Waals surface area contributed by atoms with Crippen molar-refractivity contribution < 1.29 is 9.18 Å². The van der Waals surface area contributed by atoms with Gasteiger partial charge in [0, 0.05) is 17.0 Å². The Morgan fingerprint density at radius 1 is 1.09 bits per heavy atom. The fourth-order valence-electron chi connectivity index (χ4n) is 2.64. The van der Waals surface area contributed by atoms with E-state index in [0.29, 0.717) is 18.0 Å². The van der Waals surface area contributed by atoms with Gasteiger partial charge in [-0.3, -0.25) is 4.79 Å². The monoisotopic (exact) mass is 317 g/mol. The number of hydrogen-bond acceptors (Lipinski definition) is 1. The van der Waals surface area contributed by atoms with Crippen LogP contribution in [0.4, 0.5) is 4.39 Å². The lowest BCUT2D eigenvalue weighted by atomic mass is 9.96. The highest BCUT2D eigenvalue weighted by Crippen LogP contribution is 2.47. The van der Waals surface area contributed by atoms with E-state index in [1.165, 1.54) is 12.1 Å². The fraction of sp³-hybridized carbons (Fsp3) is 0.278. The molecule has 1 aliphatic rings. The number of benzene rings is 2. The Morgan fingerprint density at radius 2 is 1.73 bits per heavy atom. The third-order valence-corrected chi connectivity index (χ3v) is 4.46. The molecule has 22 heavy (non-hydrogen) atoms. The minimum atomic E-state index is -0.230. The number of amides is 1. The van der Waals surface area contributed by atoms with Gasteiger partial charge in [-0.05, 0) is 48.2 Å². The van der Waals surface area contributed by atoms with E-state index in [1.54, 1.807) is 12.1 Å². The second kappa shape index (κ2) is 6.09. The second-order valence-electron chi connectivity index (χ2n) is 5.87. The molecule has 0 radical (unpaired) electrons. The second-order valence-corrected chi connectivity index (χ2v) is 6.30. The zero-order valence-electron chi connectivity index (χ0n) is 12.1. The summed E-state index contributed by atoms with van der Waals surface area (Å²) in [6.07, 6.45) is 2.40. The van der Waals surface area contributed by atoms with Crippen LogP contribution in [0.25, 0.3) is 0 Å². The van der Waals surface area contributed by atoms with Gasteiger partial charge in [0.2, 0.25) is 5.91 Å². The van der Waals surface area contributed by atoms with Crippen LogP contribution in [0.5, 0.6) is 0 Å². The van der Waals surface area contributed by atoms with Gasteiger partial charge in [0.15, 0.2) is 0 Å². The minimum Gasteiger partial charge on any atom is -0.355 e. The molecule has 2 aromatic rings. The number of carbonyl (C=O) groups is 1. The van der Waals surface area contributed by atoms with Crippen LogP contribution in [-0.4, -0.2) is 12.5 Å². The molecule has 0 aromatic heterocycles. The van der Waals surface area contributed by atoms with Crippen molar-refractivity contribution in [2.45, 2.75) is 24.7 Å². The Labute approximate surface area is 134 Å². The van der Waals surface area contributed by atoms with E-state index in [9.17, 15) is 9.18 Å². The summed E-state index contributed by atoms with van der Waals surface area (Å²) in [6.45, 7) is 0.602. The molecule has 2 nitrogen and oxygen atoms in total. The van der Waals surface area contributed by atoms with Gasteiger partial charge in [-0.1, -0.05) is 35.9 Å². The van der Waals surface area contributed by atoms with Crippen LogP contribution in [0.3, 0.4) is 0 Å². The van der Waals surface area contributed by atoms with Crippen molar-refractivity contribution in [1.82, 2.24) is 5.32 Å². The summed E-state index contributed by atoms with van der Waals surface area (Å²) in [6, 6.07) is 13.9. The largest absolute Gasteiger partial charge is 0.355 e. The van der Waals surface area contributed by atoms with Gasteiger partial charge >= 0.3 is 0 Å². The smallest absolute Gasteiger partial charge is 0.224 e. The third-order valence-electron chi connectivity index (χ3n) is 4.21. The van der Waals surface area contributed by atoms with Gasteiger partial charge in [0.05, 0.1) is 6.42 Å². The number of halogens is 2. The average Bonchev–Trinajstić information content (AvgIpc) is 3.30. The lowest BCUT2D eigenvalue weighted by Gasteiger charge is -2.16. The summed E-state index contributed by atoms with van der Waals surface area (Å²) in [5.41, 5.74) is 2.03. The minimum absolute atomic E-state index is 0.00397. The average molecular weight is 318 g/mol. The molecule has 114 valence electrons. The highest BCUT2D eigenvalue weighted by molar-refractivity contribution is 6.30. The molecule has 0 saturated heterocycles. The molecule has 1 N–H and O–H groups in total. The SMILES string of the molecule is O=C(Cc1ccc(Cl)cc1)NCC1(c2ccc(F)cc2)CC1. The Bertz CT molecular complexity index is 662. The van der Waals surface area contributed by atoms with Crippen molar-refractivity contribution in [3.8, 4) is 0 Å². The topological polar surface area (TPSA) is 29.1 Å². The lowest BCUT2D eigenvalue weighted by Crippen LogP contribution is -2.33. The van der Waals surface area contributed by atoms with E-state index >= 15 is 0 Å². The van der Waals surface area contributed by atoms with Crippen molar-refractivity contribution >= 4 is 17.5 Å². The van der Waals surface area contributed by atoms with Crippen molar-refractivity contribution in [3.05, 3.63) is 70.5 Å². The van der Waals surface area contributed by atoms with Gasteiger partial charge in [0.1, 0.15) is 5.82 Å². The standard InChI is InChI=1S/C18H17ClFNO/c19-15-5-1-13(2-6-15)11-17(22)21-12-18(9-10-18)14-3-7-16(20)8-4-14/h1-8H,9-12H2,(H,21,22). The molecule has 0 atom stereocenters. The fourth-order valence-corrected chi connectivity index (χ4v) is 2.77. The summed E-state index contributed by atoms with van der Waals surface area (Å²) >= 11 is 5.83. The molecule has 2 aromatic carbocycles. The van der Waals surface area contributed by atoms with E-state index in [2.05, 4.69) is 5.32 Å². The molecular formula is C18H17ClFNO. The van der Waals surface area contributed by atoms with Gasteiger partial charge < -0.3 is 5.32 Å². The van der Waals surface area contributed by atoms with Crippen molar-refractivity contribution in [2.75, 3.05) is 6.54 Å². The van der Waals surface area contributed by atoms with Gasteiger partial charge in [-0.15, -0.1) is 0 Å². The normalized spacial score (nSPS) is 15.4. The number of carbonyl (C=O) groups excluding carboxylic acids is 1. The van der Waals surface area contributed by atoms with E-state index in [0.717, 1.165) is 24.0 Å². The predicted octanol–water partition coefficient (Wildman–Crippen LogP) is 3.87. The van der Waals surface area contributed by atoms with E-state index in [-0.39, 0.29) is 17.1 Å². The Hall–Kier alpha value is -1.87. The third kappa shape index (κ3) is 3.47. The molecule has 1 amide bonds. The molecular weight excluding hydrogens is 301 g/mol. The van der Waals surface area contributed by atoms with Gasteiger partial charge in [-0.25, -0.2) is 4.39 Å². The van der Waals surface area contributed by atoms with Crippen molar-refractivity contribution in [1.29, 1.82) is 0 Å². The van der Waals surface area contributed by atoms with Crippen LogP contribution >= 0.6 is 11.6 Å². The molecule has 0 bridgehead atoms. The molecule has 0 unspecified atom stereocenters. The van der Waals surface area contributed by atoms with Crippen LogP contribution in [-0.2, 0) is 16.6 Å². The Morgan fingerprint density at radius 3 is 2.32 bits per heavy atom. The zero-order chi connectivity index (χ0) is 15.6. The summed E-state index contributed by atoms with van der Waals surface area (Å²) in [5.74, 6) is -0.234. The zero-order valence-corrected chi connectivity index (χ0v) is 12.9. The van der Waals surface area contributed by atoms with Gasteiger partial charge in [0.25, 0.3) is 0 Å². The van der Waals surface area contributed by atoms with Crippen LogP contribution < -0.4 is 5.32 Å². The Balaban J connectivity index is 1.56. The van der Waals surface area contributed by atoms with Crippen molar-refractivity contribution in [3.63, 3.8) is 0 Å². The first-order valence-corrected chi connectivity index (χ1v) is 7.72. The first-order chi connectivity index (χ1) is 10.6. The number of rotatable bonds is 5. The van der Waals surface area contributed by atoms with E-state index < -0.39 is 0 Å². The van der Waals surface area contributed by atoms with E-state index in [1.807, 2.05) is 24.3 Å². The molecule has 0 aliphatic heterocycles. The molecule has 1 fully saturated rings. The number of hydrogen-bond donors (Lipinski definition) is 1. The number of nitrogens with one attached hydrogen (secondary N) is 1. The lowest BCUT2D eigenvalue weighted by molar-refractivity contribution is -0.120. The molecule has 0 spiro atoms. The summed E-state index contributed by atoms with van der Waals surface area (Å²) < 4.78 is 13.0. The van der Waals surface area contributed by atoms with E-state index in [4.69, 9.17) is 11.6 Å².